The molecule has 16 nitrogen and oxygen atoms in total. The van der Waals surface area contributed by atoms with E-state index < -0.39 is 43.2 Å². The average Bonchev–Trinajstić information content (AvgIpc) is 3.53. The lowest BCUT2D eigenvalue weighted by Crippen LogP contribution is -2.33. The highest BCUT2D eigenvalue weighted by molar-refractivity contribution is 7.50. The molecule has 1 aromatic heterocycles. The van der Waals surface area contributed by atoms with Gasteiger partial charge in [-0.05, 0) is 67.4 Å². The number of hydrogen-bond acceptors (Lipinski definition) is 12. The van der Waals surface area contributed by atoms with Gasteiger partial charge in [-0.15, -0.1) is 0 Å². The quantitative estimate of drug-likeness (QED) is 0.0747. The van der Waals surface area contributed by atoms with E-state index in [1.807, 2.05) is 43.3 Å². The number of hydrogen-bond donors (Lipinski definition) is 3. The van der Waals surface area contributed by atoms with Crippen LogP contribution in [0.15, 0.2) is 80.6 Å². The summed E-state index contributed by atoms with van der Waals surface area (Å²) in [5, 5.41) is 14.2. The number of ether oxygens (including phenoxy) is 2. The largest absolute Gasteiger partial charge is 0.779 e. The predicted molar refractivity (Wildman–Crippen MR) is 194 cm³/mol. The van der Waals surface area contributed by atoms with Crippen molar-refractivity contribution in [3.8, 4) is 0 Å². The van der Waals surface area contributed by atoms with E-state index in [4.69, 9.17) is 14.0 Å². The van der Waals surface area contributed by atoms with Gasteiger partial charge in [-0.25, -0.2) is 4.79 Å². The van der Waals surface area contributed by atoms with Gasteiger partial charge in [0.15, 0.2) is 0 Å². The summed E-state index contributed by atoms with van der Waals surface area (Å²) >= 11 is 0. The summed E-state index contributed by atoms with van der Waals surface area (Å²) in [7, 11) is 1.37. The first-order valence-corrected chi connectivity index (χ1v) is 18.8. The highest BCUT2D eigenvalue weighted by Crippen LogP contribution is 2.35. The second-order valence-electron chi connectivity index (χ2n) is 12.4. The van der Waals surface area contributed by atoms with Gasteiger partial charge < -0.3 is 39.0 Å². The number of rotatable bonds is 18. The van der Waals surface area contributed by atoms with Gasteiger partial charge in [0.25, 0.3) is 11.5 Å². The third kappa shape index (κ3) is 12.5. The summed E-state index contributed by atoms with van der Waals surface area (Å²) < 4.78 is 28.6. The Morgan fingerprint density at radius 3 is 2.23 bits per heavy atom. The Hall–Kier alpha value is -4.73. The number of aromatic amines is 1. The number of H-pyrrole nitrogens is 1. The summed E-state index contributed by atoms with van der Waals surface area (Å²) in [5.74, 6) is -0.583. The first kappa shape index (κ1) is 40.0. The van der Waals surface area contributed by atoms with Crippen LogP contribution in [0.3, 0.4) is 0 Å². The molecule has 1 saturated heterocycles. The number of amides is 2. The van der Waals surface area contributed by atoms with E-state index in [1.165, 1.54) is 25.5 Å². The Morgan fingerprint density at radius 1 is 1.02 bits per heavy atom. The van der Waals surface area contributed by atoms with Crippen LogP contribution in [0.1, 0.15) is 54.3 Å². The van der Waals surface area contributed by atoms with Crippen LogP contribution in [0, 0.1) is 0 Å². The molecule has 2 heterocycles. The van der Waals surface area contributed by atoms with Gasteiger partial charge in [-0.1, -0.05) is 12.8 Å². The molecule has 4 rings (SSSR count). The first-order chi connectivity index (χ1) is 24.8. The molecule has 17 heteroatoms. The maximum atomic E-state index is 12.5. The molecule has 1 aliphatic heterocycles. The standard InChI is InChI=1S/C35H46N7O9P/c1-41(2)28-16-14-27(15-17-28)40-39-26-12-9-24(10-13-26)33(44)37-20-8-6-5-7-19-36-31(43)18-11-25-22-42(35(46)38-34(25)45)32-21-29(49-3)30(51-32)23-50-52(4,47)48/h9-18,22,29-30,32H,5-8,19-21,23H2,1-4H3,(H,36,43)(H,37,44)(H,47,48)(H,38,45,46)/p-1/b18-11+,40-39?/t29?,30-,32-/m1/s1. The van der Waals surface area contributed by atoms with Crippen molar-refractivity contribution in [2.24, 2.45) is 10.2 Å². The van der Waals surface area contributed by atoms with Crippen molar-refractivity contribution in [3.63, 3.8) is 0 Å². The molecule has 0 aliphatic carbocycles. The molecule has 2 aromatic carbocycles. The van der Waals surface area contributed by atoms with E-state index in [0.29, 0.717) is 24.3 Å². The normalized spacial score (nSPS) is 18.4. The van der Waals surface area contributed by atoms with Crippen LogP contribution in [-0.2, 0) is 23.4 Å². The van der Waals surface area contributed by atoms with Crippen molar-refractivity contribution in [2.45, 2.75) is 50.5 Å². The average molecular weight is 739 g/mol. The number of benzene rings is 2. The van der Waals surface area contributed by atoms with Gasteiger partial charge in [-0.3, -0.25) is 23.9 Å². The van der Waals surface area contributed by atoms with Gasteiger partial charge in [0, 0.05) is 70.9 Å². The van der Waals surface area contributed by atoms with E-state index in [-0.39, 0.29) is 24.5 Å². The predicted octanol–water partition coefficient (Wildman–Crippen LogP) is 3.64. The van der Waals surface area contributed by atoms with Gasteiger partial charge in [0.1, 0.15) is 19.9 Å². The third-order valence-corrected chi connectivity index (χ3v) is 8.76. The van der Waals surface area contributed by atoms with Crippen LogP contribution >= 0.6 is 7.60 Å². The zero-order valence-corrected chi connectivity index (χ0v) is 30.5. The minimum Gasteiger partial charge on any atom is -0.779 e. The summed E-state index contributed by atoms with van der Waals surface area (Å²) in [4.78, 5) is 65.4. The number of methoxy groups -OCH3 is 1. The lowest BCUT2D eigenvalue weighted by Gasteiger charge is -2.23. The minimum atomic E-state index is -4.00. The van der Waals surface area contributed by atoms with Gasteiger partial charge in [0.2, 0.25) is 5.91 Å². The van der Waals surface area contributed by atoms with Gasteiger partial charge in [0.05, 0.1) is 29.6 Å². The number of anilines is 1. The van der Waals surface area contributed by atoms with E-state index in [0.717, 1.165) is 48.3 Å². The SMILES string of the molecule is COC1C[C@H](n2cc(/C=C/C(=O)NCCCCCCNC(=O)c3ccc(N=Nc4ccc(N(C)C)cc4)cc3)c(=O)[nH]c2=O)O[C@@H]1COP(C)(=O)[O-]. The Balaban J connectivity index is 1.13. The van der Waals surface area contributed by atoms with Crippen molar-refractivity contribution in [1.29, 1.82) is 0 Å². The number of nitrogens with one attached hydrogen (secondary N) is 3. The van der Waals surface area contributed by atoms with E-state index in [9.17, 15) is 28.6 Å². The molecule has 52 heavy (non-hydrogen) atoms. The number of carbonyl (C=O) groups is 2. The maximum Gasteiger partial charge on any atom is 0.330 e. The summed E-state index contributed by atoms with van der Waals surface area (Å²) in [5.41, 5.74) is 1.62. The molecule has 0 radical (unpaired) electrons. The zero-order valence-electron chi connectivity index (χ0n) is 29.7. The summed E-state index contributed by atoms with van der Waals surface area (Å²) in [6.07, 6.45) is 5.00. The van der Waals surface area contributed by atoms with Crippen LogP contribution in [-0.4, -0.2) is 81.1 Å². The molecule has 1 fully saturated rings. The van der Waals surface area contributed by atoms with Crippen molar-refractivity contribution in [2.75, 3.05) is 52.5 Å². The molecular formula is C35H45N7O9P-. The number of aromatic nitrogens is 2. The van der Waals surface area contributed by atoms with E-state index >= 15 is 0 Å². The molecule has 0 bridgehead atoms. The molecule has 0 saturated carbocycles. The topological polar surface area (TPSA) is 209 Å². The van der Waals surface area contributed by atoms with Gasteiger partial charge in [-0.2, -0.15) is 10.2 Å². The van der Waals surface area contributed by atoms with Crippen LogP contribution in [0.25, 0.3) is 6.08 Å². The molecular weight excluding hydrogens is 693 g/mol. The Kier molecular flexibility index (Phi) is 14.8. The van der Waals surface area contributed by atoms with Crippen LogP contribution < -0.4 is 31.7 Å². The minimum absolute atomic E-state index is 0.0510. The smallest absolute Gasteiger partial charge is 0.330 e. The molecule has 1 aliphatic rings. The number of unbranched alkanes of at least 4 members (excludes halogenated alkanes) is 3. The zero-order chi connectivity index (χ0) is 37.7. The molecule has 2 unspecified atom stereocenters. The summed E-state index contributed by atoms with van der Waals surface area (Å²) in [6.45, 7) is 1.59. The number of azo groups is 1. The lowest BCUT2D eigenvalue weighted by molar-refractivity contribution is -0.200. The molecule has 0 spiro atoms. The second kappa shape index (κ2) is 19.2. The Morgan fingerprint density at radius 2 is 1.63 bits per heavy atom. The lowest BCUT2D eigenvalue weighted by atomic mass is 10.1. The number of nitrogens with zero attached hydrogens (tertiary/aromatic N) is 4. The summed E-state index contributed by atoms with van der Waals surface area (Å²) in [6, 6.07) is 14.6. The van der Waals surface area contributed by atoms with Crippen LogP contribution in [0.2, 0.25) is 0 Å². The molecule has 3 aromatic rings. The second-order valence-corrected chi connectivity index (χ2v) is 14.2. The highest BCUT2D eigenvalue weighted by Gasteiger charge is 2.37. The van der Waals surface area contributed by atoms with Crippen molar-refractivity contribution in [3.05, 3.63) is 92.8 Å². The molecule has 280 valence electrons. The van der Waals surface area contributed by atoms with E-state index in [2.05, 4.69) is 25.8 Å². The fourth-order valence-electron chi connectivity index (χ4n) is 5.27. The fraction of sp³-hybridized carbons (Fsp3) is 0.429. The van der Waals surface area contributed by atoms with Crippen LogP contribution in [0.4, 0.5) is 17.1 Å². The molecule has 3 N–H and O–H groups in total. The monoisotopic (exact) mass is 738 g/mol. The first-order valence-electron chi connectivity index (χ1n) is 16.8. The maximum absolute atomic E-state index is 12.5. The van der Waals surface area contributed by atoms with Crippen LogP contribution in [0.5, 0.6) is 0 Å². The third-order valence-electron chi connectivity index (χ3n) is 8.14. The Labute approximate surface area is 301 Å². The van der Waals surface area contributed by atoms with Crippen molar-refractivity contribution in [1.82, 2.24) is 20.2 Å². The Bertz CT molecular complexity index is 1870. The number of carbonyl (C=O) groups excluding carboxylic acids is 2. The van der Waals surface area contributed by atoms with Gasteiger partial charge >= 0.3 is 5.69 Å². The molecule has 4 atom stereocenters. The van der Waals surface area contributed by atoms with Crippen molar-refractivity contribution >= 4 is 42.5 Å². The van der Waals surface area contributed by atoms with Crippen molar-refractivity contribution < 1.29 is 33.0 Å². The van der Waals surface area contributed by atoms with E-state index in [1.54, 1.807) is 24.3 Å². The highest BCUT2D eigenvalue weighted by atomic mass is 31.2. The molecule has 2 amide bonds. The fourth-order valence-corrected chi connectivity index (χ4v) is 5.69.